The molecule has 15 nitrogen and oxygen atoms in total. The first-order valence-electron chi connectivity index (χ1n) is 21.0. The number of H-pyrrole nitrogens is 1. The number of piperidine rings is 2. The van der Waals surface area contributed by atoms with Crippen LogP contribution < -0.4 is 20.3 Å². The second-order valence-electron chi connectivity index (χ2n) is 16.1. The van der Waals surface area contributed by atoms with Crippen molar-refractivity contribution in [3.05, 3.63) is 102 Å². The van der Waals surface area contributed by atoms with Crippen LogP contribution in [0.3, 0.4) is 0 Å². The Bertz CT molecular complexity index is 2560. The summed E-state index contributed by atoms with van der Waals surface area (Å²) in [7, 11) is -2.82. The van der Waals surface area contributed by atoms with Crippen LogP contribution in [0.1, 0.15) is 60.0 Å². The maximum Gasteiger partial charge on any atom is 0.301 e. The predicted molar refractivity (Wildman–Crippen MR) is 233 cm³/mol. The molecule has 3 saturated heterocycles. The number of halogens is 2. The molecule has 0 bridgehead atoms. The third-order valence-electron chi connectivity index (χ3n) is 12.2. The molecule has 0 saturated carbocycles. The van der Waals surface area contributed by atoms with Gasteiger partial charge in [-0.3, -0.25) is 29.3 Å². The number of ketones is 1. The number of hydrogen-bond donors (Lipinski definition) is 4. The third kappa shape index (κ3) is 9.33. The maximum absolute atomic E-state index is 15.6. The van der Waals surface area contributed by atoms with Gasteiger partial charge >= 0.3 is 10.2 Å². The van der Waals surface area contributed by atoms with E-state index in [1.165, 1.54) is 18.8 Å². The van der Waals surface area contributed by atoms with Crippen LogP contribution in [-0.2, 0) is 19.8 Å². The van der Waals surface area contributed by atoms with Crippen LogP contribution in [0.2, 0.25) is 0 Å². The van der Waals surface area contributed by atoms with Crippen molar-refractivity contribution in [2.45, 2.75) is 44.6 Å². The summed E-state index contributed by atoms with van der Waals surface area (Å²) in [5, 5.41) is 6.00. The van der Waals surface area contributed by atoms with E-state index in [0.717, 1.165) is 98.7 Å². The van der Waals surface area contributed by atoms with E-state index in [0.29, 0.717) is 35.4 Å². The van der Waals surface area contributed by atoms with Crippen molar-refractivity contribution < 1.29 is 31.6 Å². The van der Waals surface area contributed by atoms with Gasteiger partial charge in [0.05, 0.1) is 11.3 Å². The Morgan fingerprint density at radius 2 is 1.60 bits per heavy atom. The number of rotatable bonds is 14. The van der Waals surface area contributed by atoms with Crippen molar-refractivity contribution >= 4 is 56.0 Å². The lowest BCUT2D eigenvalue weighted by molar-refractivity contribution is -0.133. The van der Waals surface area contributed by atoms with Gasteiger partial charge in [0.1, 0.15) is 23.3 Å². The molecule has 5 aromatic rings. The molecular weight excluding hydrogens is 819 g/mol. The minimum Gasteiger partial charge on any atom is -0.374 e. The monoisotopic (exact) mass is 868 g/mol. The first-order chi connectivity index (χ1) is 29.9. The molecule has 8 rings (SSSR count). The van der Waals surface area contributed by atoms with E-state index in [-0.39, 0.29) is 30.0 Å². The Balaban J connectivity index is 0.820. The zero-order valence-electron chi connectivity index (χ0n) is 34.7. The van der Waals surface area contributed by atoms with Crippen LogP contribution in [0.5, 0.6) is 0 Å². The Hall–Kier alpha value is -5.82. The smallest absolute Gasteiger partial charge is 0.301 e. The summed E-state index contributed by atoms with van der Waals surface area (Å²) in [5.74, 6) is -2.53. The average Bonchev–Trinajstić information content (AvgIpc) is 3.71. The molecule has 3 fully saturated rings. The second kappa shape index (κ2) is 18.3. The van der Waals surface area contributed by atoms with Crippen molar-refractivity contribution in [3.8, 4) is 11.1 Å². The molecule has 3 aromatic heterocycles. The van der Waals surface area contributed by atoms with Crippen LogP contribution in [0.25, 0.3) is 22.2 Å². The molecule has 326 valence electrons. The number of hydrogen-bond acceptors (Lipinski definition) is 11. The van der Waals surface area contributed by atoms with E-state index >= 15 is 8.78 Å². The Kier molecular flexibility index (Phi) is 12.6. The number of imide groups is 1. The van der Waals surface area contributed by atoms with E-state index in [1.54, 1.807) is 25.4 Å². The van der Waals surface area contributed by atoms with Gasteiger partial charge < -0.3 is 20.1 Å². The molecule has 6 heterocycles. The summed E-state index contributed by atoms with van der Waals surface area (Å²) in [6, 6.07) is 15.4. The Labute approximate surface area is 359 Å². The average molecular weight is 869 g/mol. The fourth-order valence-electron chi connectivity index (χ4n) is 8.31. The molecule has 0 aliphatic carbocycles. The van der Waals surface area contributed by atoms with Gasteiger partial charge in [-0.15, -0.1) is 0 Å². The topological polar surface area (TPSA) is 176 Å². The fraction of sp³-hybridized carbons (Fsp3) is 0.386. The van der Waals surface area contributed by atoms with Crippen LogP contribution in [0, 0.1) is 11.6 Å². The van der Waals surface area contributed by atoms with E-state index < -0.39 is 38.9 Å². The van der Waals surface area contributed by atoms with Crippen molar-refractivity contribution in [1.29, 1.82) is 0 Å². The molecule has 1 atom stereocenters. The molecule has 2 aromatic carbocycles. The largest absolute Gasteiger partial charge is 0.374 e. The zero-order chi connectivity index (χ0) is 43.5. The van der Waals surface area contributed by atoms with Gasteiger partial charge in [0, 0.05) is 106 Å². The van der Waals surface area contributed by atoms with E-state index in [1.807, 2.05) is 24.3 Å². The number of aromatic nitrogens is 3. The van der Waals surface area contributed by atoms with Gasteiger partial charge in [0.2, 0.25) is 17.6 Å². The molecule has 1 unspecified atom stereocenters. The number of nitrogens with one attached hydrogen (secondary N) is 4. The highest BCUT2D eigenvalue weighted by Gasteiger charge is 2.29. The van der Waals surface area contributed by atoms with Gasteiger partial charge in [-0.25, -0.2) is 18.7 Å². The maximum atomic E-state index is 15.6. The number of likely N-dealkylation sites (tertiary alicyclic amines) is 1. The highest BCUT2D eigenvalue weighted by molar-refractivity contribution is 7.90. The van der Waals surface area contributed by atoms with E-state index in [2.05, 4.69) is 52.2 Å². The minimum absolute atomic E-state index is 0.0185. The second-order valence-corrected chi connectivity index (χ2v) is 17.9. The van der Waals surface area contributed by atoms with Crippen LogP contribution in [-0.4, -0.2) is 127 Å². The van der Waals surface area contributed by atoms with Gasteiger partial charge in [-0.05, 0) is 86.3 Å². The summed E-state index contributed by atoms with van der Waals surface area (Å²) in [6.07, 6.45) is 7.77. The highest BCUT2D eigenvalue weighted by atomic mass is 32.2. The summed E-state index contributed by atoms with van der Waals surface area (Å²) in [5.41, 5.74) is 2.50. The molecular formula is C44H50F2N10O5S. The lowest BCUT2D eigenvalue weighted by Gasteiger charge is -2.37. The van der Waals surface area contributed by atoms with Crippen LogP contribution >= 0.6 is 0 Å². The molecule has 3 aliphatic heterocycles. The SMILES string of the molecule is CCN(C)S(=O)(=O)Nc1ccc(F)c(C(=O)c2c[nH]c3ncc(-c4ccc(N5CCN(CCN6CCC(c7ccc(NC8CCC(=O)NC8=O)cc7)CC6)CC5)nc4)cc23)c1F. The highest BCUT2D eigenvalue weighted by Crippen LogP contribution is 2.32. The predicted octanol–water partition coefficient (Wildman–Crippen LogP) is 4.96. The van der Waals surface area contributed by atoms with Gasteiger partial charge in [-0.2, -0.15) is 12.7 Å². The summed E-state index contributed by atoms with van der Waals surface area (Å²) >= 11 is 0. The minimum atomic E-state index is -4.13. The van der Waals surface area contributed by atoms with Gasteiger partial charge in [0.25, 0.3) is 0 Å². The lowest BCUT2D eigenvalue weighted by atomic mass is 9.89. The quantitative estimate of drug-likeness (QED) is 0.0877. The number of amides is 2. The number of benzene rings is 2. The molecule has 4 N–H and O–H groups in total. The number of nitrogens with zero attached hydrogens (tertiary/aromatic N) is 6. The number of pyridine rings is 2. The van der Waals surface area contributed by atoms with Crippen molar-refractivity contribution in [2.75, 3.05) is 80.9 Å². The van der Waals surface area contributed by atoms with Gasteiger partial charge in [0.15, 0.2) is 5.82 Å². The summed E-state index contributed by atoms with van der Waals surface area (Å²) in [6.45, 7) is 9.39. The molecule has 0 spiro atoms. The Morgan fingerprint density at radius 1 is 0.887 bits per heavy atom. The van der Waals surface area contributed by atoms with Crippen molar-refractivity contribution in [2.24, 2.45) is 0 Å². The first kappa shape index (κ1) is 42.9. The zero-order valence-corrected chi connectivity index (χ0v) is 35.5. The molecule has 0 radical (unpaired) electrons. The van der Waals surface area contributed by atoms with Crippen molar-refractivity contribution in [3.63, 3.8) is 0 Å². The third-order valence-corrected chi connectivity index (χ3v) is 13.8. The summed E-state index contributed by atoms with van der Waals surface area (Å²) in [4.78, 5) is 56.6. The molecule has 62 heavy (non-hydrogen) atoms. The number of carbonyl (C=O) groups is 3. The number of piperazine rings is 1. The van der Waals surface area contributed by atoms with Crippen LogP contribution in [0.15, 0.2) is 73.2 Å². The summed E-state index contributed by atoms with van der Waals surface area (Å²) < 4.78 is 58.8. The Morgan fingerprint density at radius 3 is 2.27 bits per heavy atom. The van der Waals surface area contributed by atoms with Crippen molar-refractivity contribution in [1.82, 2.24) is 34.4 Å². The molecule has 2 amide bonds. The standard InChI is InChI=1S/C44H50F2N10O5S/c1-3-53(2)62(60,61)52-36-10-9-35(45)40(41(36)46)42(58)34-27-49-43-33(34)24-31(26-48-43)30-6-12-38(47-25-30)56-22-20-55(21-23-56)19-18-54-16-14-29(15-17-54)28-4-7-32(8-5-28)50-37-11-13-39(57)51-44(37)59/h4-10,12,24-27,29,37,50,52H,3,11,13-23H2,1-2H3,(H,48,49)(H,51,57,59). The number of carbonyl (C=O) groups excluding carboxylic acids is 3. The normalized spacial score (nSPS) is 18.3. The number of fused-ring (bicyclic) bond motifs is 1. The lowest BCUT2D eigenvalue weighted by Crippen LogP contribution is -2.49. The van der Waals surface area contributed by atoms with Crippen LogP contribution in [0.4, 0.5) is 26.0 Å². The van der Waals surface area contributed by atoms with Gasteiger partial charge in [-0.1, -0.05) is 19.1 Å². The molecule has 3 aliphatic rings. The van der Waals surface area contributed by atoms with E-state index in [9.17, 15) is 22.8 Å². The number of anilines is 3. The van der Waals surface area contributed by atoms with E-state index in [4.69, 9.17) is 4.98 Å². The first-order valence-corrected chi connectivity index (χ1v) is 22.4. The molecule has 18 heteroatoms. The number of aromatic amines is 1. The fourth-order valence-corrected chi connectivity index (χ4v) is 9.24.